The van der Waals surface area contributed by atoms with Gasteiger partial charge in [0.25, 0.3) is 10.0 Å². The molecule has 0 N–H and O–H groups in total. The third-order valence-corrected chi connectivity index (χ3v) is 9.53. The molecule has 1 aromatic rings. The molecule has 0 saturated carbocycles. The van der Waals surface area contributed by atoms with Gasteiger partial charge in [0.2, 0.25) is 0 Å². The van der Waals surface area contributed by atoms with Gasteiger partial charge in [-0.05, 0) is 28.9 Å². The van der Waals surface area contributed by atoms with Crippen LogP contribution in [0.2, 0.25) is 5.02 Å². The topological polar surface area (TPSA) is 71.5 Å². The zero-order valence-corrected chi connectivity index (χ0v) is 14.6. The molecule has 0 bridgehead atoms. The molecule has 1 aliphatic heterocycles. The molecule has 0 radical (unpaired) electrons. The number of sulfonamides is 1. The van der Waals surface area contributed by atoms with Crippen LogP contribution in [-0.2, 0) is 19.9 Å². The Morgan fingerprint density at radius 3 is 2.63 bits per heavy atom. The van der Waals surface area contributed by atoms with E-state index in [1.54, 1.807) is 6.92 Å². The summed E-state index contributed by atoms with van der Waals surface area (Å²) in [6, 6.07) is 0.810. The summed E-state index contributed by atoms with van der Waals surface area (Å²) in [4.78, 5) is 0. The molecule has 0 aromatic carbocycles. The second-order valence-electron chi connectivity index (χ2n) is 4.27. The Labute approximate surface area is 129 Å². The molecule has 5 nitrogen and oxygen atoms in total. The minimum atomic E-state index is -3.69. The summed E-state index contributed by atoms with van der Waals surface area (Å²) in [5.74, 6) is -0.288. The zero-order valence-electron chi connectivity index (χ0n) is 9.84. The van der Waals surface area contributed by atoms with E-state index in [-0.39, 0.29) is 22.3 Å². The summed E-state index contributed by atoms with van der Waals surface area (Å²) in [6.07, 6.45) is 0. The van der Waals surface area contributed by atoms with Crippen LogP contribution in [0.4, 0.5) is 0 Å². The Balaban J connectivity index is 2.36. The van der Waals surface area contributed by atoms with Crippen molar-refractivity contribution in [2.24, 2.45) is 0 Å². The second-order valence-corrected chi connectivity index (χ2v) is 11.4. The molecule has 1 unspecified atom stereocenters. The monoisotopic (exact) mass is 407 g/mol. The molecule has 1 atom stereocenters. The van der Waals surface area contributed by atoms with E-state index in [0.29, 0.717) is 8.81 Å². The van der Waals surface area contributed by atoms with Crippen LogP contribution in [0.3, 0.4) is 0 Å². The summed E-state index contributed by atoms with van der Waals surface area (Å²) in [7, 11) is -6.84. The van der Waals surface area contributed by atoms with Gasteiger partial charge in [0.1, 0.15) is 4.21 Å². The minimum absolute atomic E-state index is 0.0149. The van der Waals surface area contributed by atoms with Gasteiger partial charge in [-0.3, -0.25) is 0 Å². The molecule has 108 valence electrons. The Kier molecular flexibility index (Phi) is 4.36. The minimum Gasteiger partial charge on any atom is -0.229 e. The van der Waals surface area contributed by atoms with Crippen molar-refractivity contribution >= 4 is 58.7 Å². The molecule has 1 aromatic heterocycles. The molecule has 19 heavy (non-hydrogen) atoms. The van der Waals surface area contributed by atoms with E-state index in [0.717, 1.165) is 11.3 Å². The van der Waals surface area contributed by atoms with Crippen LogP contribution in [0.1, 0.15) is 6.92 Å². The van der Waals surface area contributed by atoms with E-state index in [4.69, 9.17) is 11.6 Å². The van der Waals surface area contributed by atoms with Gasteiger partial charge in [0, 0.05) is 12.6 Å². The van der Waals surface area contributed by atoms with Crippen LogP contribution in [0.15, 0.2) is 14.1 Å². The Morgan fingerprint density at radius 2 is 2.16 bits per heavy atom. The molecule has 1 aliphatic rings. The van der Waals surface area contributed by atoms with Crippen molar-refractivity contribution < 1.29 is 16.8 Å². The molecule has 1 fully saturated rings. The number of nitrogens with zero attached hydrogens (tertiary/aromatic N) is 1. The average molecular weight is 409 g/mol. The summed E-state index contributed by atoms with van der Waals surface area (Å²) in [5, 5.41) is 0.334. The van der Waals surface area contributed by atoms with E-state index in [9.17, 15) is 16.8 Å². The summed E-state index contributed by atoms with van der Waals surface area (Å²) in [5.41, 5.74) is 0. The van der Waals surface area contributed by atoms with E-state index in [1.165, 1.54) is 10.4 Å². The fraction of sp³-hybridized carbons (Fsp3) is 0.556. The van der Waals surface area contributed by atoms with Crippen LogP contribution in [0.25, 0.3) is 0 Å². The molecule has 0 aliphatic carbocycles. The first-order valence-corrected chi connectivity index (χ1v) is 10.6. The normalized spacial score (nSPS) is 24.5. The maximum Gasteiger partial charge on any atom is 0.252 e. The van der Waals surface area contributed by atoms with Crippen molar-refractivity contribution in [2.45, 2.75) is 17.2 Å². The fourth-order valence-electron chi connectivity index (χ4n) is 1.91. The summed E-state index contributed by atoms with van der Waals surface area (Å²) < 4.78 is 49.7. The number of hydrogen-bond donors (Lipinski definition) is 0. The first-order chi connectivity index (χ1) is 8.63. The van der Waals surface area contributed by atoms with Crippen molar-refractivity contribution in [1.29, 1.82) is 0 Å². The molecule has 2 heterocycles. The quantitative estimate of drug-likeness (QED) is 0.750. The van der Waals surface area contributed by atoms with Crippen molar-refractivity contribution in [3.63, 3.8) is 0 Å². The SMILES string of the molecule is CC1CS(=O)(=O)CCN1S(=O)(=O)c1cc(Cl)c(Br)s1. The zero-order chi connectivity index (χ0) is 14.4. The van der Waals surface area contributed by atoms with E-state index in [1.807, 2.05) is 0 Å². The second kappa shape index (κ2) is 5.27. The van der Waals surface area contributed by atoms with Crippen LogP contribution in [0.5, 0.6) is 0 Å². The van der Waals surface area contributed by atoms with Gasteiger partial charge in [0.15, 0.2) is 9.84 Å². The smallest absolute Gasteiger partial charge is 0.229 e. The molecule has 1 saturated heterocycles. The highest BCUT2D eigenvalue weighted by Gasteiger charge is 2.37. The van der Waals surface area contributed by atoms with Gasteiger partial charge in [-0.15, -0.1) is 11.3 Å². The van der Waals surface area contributed by atoms with Gasteiger partial charge in [-0.1, -0.05) is 11.6 Å². The molecule has 2 rings (SSSR count). The van der Waals surface area contributed by atoms with E-state index in [2.05, 4.69) is 15.9 Å². The first-order valence-electron chi connectivity index (χ1n) is 5.30. The highest BCUT2D eigenvalue weighted by atomic mass is 79.9. The standard InChI is InChI=1S/C9H11BrClNO4S3/c1-6-5-18(13,14)3-2-12(6)19(15,16)8-4-7(11)9(10)17-8/h4,6H,2-3,5H2,1H3. The molecule has 0 amide bonds. The van der Waals surface area contributed by atoms with Crippen molar-refractivity contribution in [3.05, 3.63) is 14.9 Å². The van der Waals surface area contributed by atoms with Crippen LogP contribution >= 0.6 is 38.9 Å². The predicted octanol–water partition coefficient (Wildman–Crippen LogP) is 1.97. The first kappa shape index (κ1) is 15.7. The van der Waals surface area contributed by atoms with Gasteiger partial charge in [-0.2, -0.15) is 4.31 Å². The summed E-state index contributed by atoms with van der Waals surface area (Å²) in [6.45, 7) is 1.58. The lowest BCUT2D eigenvalue weighted by molar-refractivity contribution is 0.357. The van der Waals surface area contributed by atoms with Gasteiger partial charge in [0.05, 0.1) is 20.3 Å². The Bertz CT molecular complexity index is 678. The highest BCUT2D eigenvalue weighted by molar-refractivity contribution is 9.11. The largest absolute Gasteiger partial charge is 0.252 e. The van der Waals surface area contributed by atoms with Crippen LogP contribution in [0, 0.1) is 0 Å². The highest BCUT2D eigenvalue weighted by Crippen LogP contribution is 2.36. The number of thiophene rings is 1. The Morgan fingerprint density at radius 1 is 1.53 bits per heavy atom. The molecule has 10 heteroatoms. The third-order valence-electron chi connectivity index (χ3n) is 2.79. The fourth-order valence-corrected chi connectivity index (χ4v) is 7.84. The van der Waals surface area contributed by atoms with Crippen LogP contribution < -0.4 is 0 Å². The maximum absolute atomic E-state index is 12.4. The molecular weight excluding hydrogens is 398 g/mol. The van der Waals surface area contributed by atoms with Crippen molar-refractivity contribution in [1.82, 2.24) is 4.31 Å². The predicted molar refractivity (Wildman–Crippen MR) is 79.0 cm³/mol. The van der Waals surface area contributed by atoms with E-state index < -0.39 is 25.9 Å². The summed E-state index contributed by atoms with van der Waals surface area (Å²) >= 11 is 10.0. The number of halogens is 2. The van der Waals surface area contributed by atoms with Gasteiger partial charge in [-0.25, -0.2) is 16.8 Å². The number of hydrogen-bond acceptors (Lipinski definition) is 5. The molecular formula is C9H11BrClNO4S3. The van der Waals surface area contributed by atoms with Crippen molar-refractivity contribution in [2.75, 3.05) is 18.1 Å². The van der Waals surface area contributed by atoms with Gasteiger partial charge >= 0.3 is 0 Å². The number of rotatable bonds is 2. The third kappa shape index (κ3) is 3.16. The van der Waals surface area contributed by atoms with Crippen molar-refractivity contribution in [3.8, 4) is 0 Å². The van der Waals surface area contributed by atoms with Gasteiger partial charge < -0.3 is 0 Å². The Hall–Kier alpha value is 0.330. The average Bonchev–Trinajstić information content (AvgIpc) is 2.58. The maximum atomic E-state index is 12.4. The lowest BCUT2D eigenvalue weighted by Crippen LogP contribution is -2.49. The molecule has 0 spiro atoms. The van der Waals surface area contributed by atoms with E-state index >= 15 is 0 Å². The van der Waals surface area contributed by atoms with Crippen LogP contribution in [-0.4, -0.2) is 45.2 Å². The lowest BCUT2D eigenvalue weighted by Gasteiger charge is -2.31. The number of sulfone groups is 1. The lowest BCUT2D eigenvalue weighted by atomic mass is 10.4.